The monoisotopic (exact) mass is 453 g/mol. The fourth-order valence-electron chi connectivity index (χ4n) is 2.84. The Bertz CT molecular complexity index is 694. The number of amides is 2. The number of unbranched alkanes of at least 4 members (excludes halogenated alkanes) is 1. The third kappa shape index (κ3) is 7.94. The molecule has 0 radical (unpaired) electrons. The van der Waals surface area contributed by atoms with E-state index in [9.17, 15) is 14.0 Å². The normalized spacial score (nSPS) is 12.6. The first kappa shape index (κ1) is 24.0. The van der Waals surface area contributed by atoms with Crippen LogP contribution >= 0.6 is 15.9 Å². The summed E-state index contributed by atoms with van der Waals surface area (Å²) in [7, 11) is 1.82. The summed E-state index contributed by atoms with van der Waals surface area (Å²) in [4.78, 5) is 27.2. The number of rotatable bonds is 12. The van der Waals surface area contributed by atoms with E-state index >= 15 is 0 Å². The van der Waals surface area contributed by atoms with Crippen LogP contribution in [0, 0.1) is 5.82 Å². The molecule has 0 spiro atoms. The van der Waals surface area contributed by atoms with Crippen molar-refractivity contribution >= 4 is 28.2 Å². The fourth-order valence-corrected chi connectivity index (χ4v) is 3.41. The zero-order chi connectivity index (χ0) is 20.9. The molecule has 0 aliphatic carbocycles. The predicted octanol–water partition coefficient (Wildman–Crippen LogP) is 4.37. The molecule has 1 atom stereocenters. The Hall–Kier alpha value is -1.99. The van der Waals surface area contributed by atoms with Crippen molar-refractivity contribution in [3.05, 3.63) is 58.6 Å². The smallest absolute Gasteiger partial charge is 0.248 e. The van der Waals surface area contributed by atoms with Gasteiger partial charge in [0, 0.05) is 17.6 Å². The molecule has 1 aromatic rings. The van der Waals surface area contributed by atoms with E-state index in [-0.39, 0.29) is 0 Å². The van der Waals surface area contributed by atoms with Crippen LogP contribution in [-0.4, -0.2) is 42.3 Å². The van der Waals surface area contributed by atoms with E-state index in [1.54, 1.807) is 6.07 Å². The van der Waals surface area contributed by atoms with Gasteiger partial charge < -0.3 is 4.90 Å². The Morgan fingerprint density at radius 2 is 2.07 bits per heavy atom. The Labute approximate surface area is 175 Å². The maximum absolute atomic E-state index is 13.4. The molecule has 0 saturated heterocycles. The number of carbonyl (C=O) groups is 2. The number of nitrogens with one attached hydrogen (secondary N) is 1. The Morgan fingerprint density at radius 3 is 2.68 bits per heavy atom. The highest BCUT2D eigenvalue weighted by atomic mass is 79.9. The molecule has 28 heavy (non-hydrogen) atoms. The molecule has 0 bridgehead atoms. The van der Waals surface area contributed by atoms with E-state index in [0.29, 0.717) is 23.0 Å². The Balaban J connectivity index is 2.85. The third-order valence-corrected chi connectivity index (χ3v) is 4.85. The number of benzene rings is 1. The number of imide groups is 1. The minimum atomic E-state index is -0.703. The molecule has 2 amide bonds. The van der Waals surface area contributed by atoms with E-state index < -0.39 is 17.8 Å². The molecule has 1 N–H and O–H groups in total. The average molecular weight is 454 g/mol. The van der Waals surface area contributed by atoms with Crippen LogP contribution < -0.4 is 5.32 Å². The van der Waals surface area contributed by atoms with E-state index in [2.05, 4.69) is 45.3 Å². The number of carbonyl (C=O) groups excluding carboxylic acids is 2. The van der Waals surface area contributed by atoms with Crippen molar-refractivity contribution in [2.45, 2.75) is 39.2 Å². The van der Waals surface area contributed by atoms with Crippen LogP contribution in [0.1, 0.15) is 44.7 Å². The zero-order valence-corrected chi connectivity index (χ0v) is 18.3. The standard InChI is InChI=1S/C21H29BrFN3O2/c1-4-6-7-13-26(11-5-2)14-8-12-25(3)20(21(28)24-16-27)18-10-9-17(23)15-19(18)22/h5,7,9-11,13,15-16,20H,4,6,8,12,14H2,1-3H3,(H,24,27,28)/b11-5-,13-7+. The number of nitrogens with zero attached hydrogens (tertiary/aromatic N) is 2. The topological polar surface area (TPSA) is 52.6 Å². The summed E-state index contributed by atoms with van der Waals surface area (Å²) < 4.78 is 13.9. The number of halogens is 2. The number of hydrogen-bond acceptors (Lipinski definition) is 4. The van der Waals surface area contributed by atoms with Gasteiger partial charge in [-0.05, 0) is 56.9 Å². The molecule has 0 aromatic heterocycles. The van der Waals surface area contributed by atoms with Crippen molar-refractivity contribution in [1.29, 1.82) is 0 Å². The van der Waals surface area contributed by atoms with Gasteiger partial charge in [-0.2, -0.15) is 0 Å². The molecule has 154 valence electrons. The van der Waals surface area contributed by atoms with E-state index in [1.807, 2.05) is 31.1 Å². The van der Waals surface area contributed by atoms with Crippen LogP contribution in [-0.2, 0) is 9.59 Å². The zero-order valence-electron chi connectivity index (χ0n) is 16.7. The molecule has 7 heteroatoms. The highest BCUT2D eigenvalue weighted by Crippen LogP contribution is 2.28. The molecule has 1 aromatic carbocycles. The van der Waals surface area contributed by atoms with Crippen molar-refractivity contribution in [3.63, 3.8) is 0 Å². The summed E-state index contributed by atoms with van der Waals surface area (Å²) in [5, 5.41) is 2.21. The maximum Gasteiger partial charge on any atom is 0.248 e. The van der Waals surface area contributed by atoms with Crippen LogP contribution in [0.4, 0.5) is 4.39 Å². The number of likely N-dealkylation sites (N-methyl/N-ethyl adjacent to an activating group) is 1. The van der Waals surface area contributed by atoms with Crippen molar-refractivity contribution < 1.29 is 14.0 Å². The van der Waals surface area contributed by atoms with Gasteiger partial charge in [0.25, 0.3) is 0 Å². The van der Waals surface area contributed by atoms with Crippen LogP contribution in [0.15, 0.2) is 47.2 Å². The van der Waals surface area contributed by atoms with E-state index in [0.717, 1.165) is 25.8 Å². The lowest BCUT2D eigenvalue weighted by Gasteiger charge is -2.28. The van der Waals surface area contributed by atoms with Crippen LogP contribution in [0.25, 0.3) is 0 Å². The highest BCUT2D eigenvalue weighted by Gasteiger charge is 2.27. The van der Waals surface area contributed by atoms with Crippen molar-refractivity contribution in [2.75, 3.05) is 20.1 Å². The van der Waals surface area contributed by atoms with Crippen molar-refractivity contribution in [1.82, 2.24) is 15.1 Å². The van der Waals surface area contributed by atoms with Crippen LogP contribution in [0.2, 0.25) is 0 Å². The number of allylic oxidation sites excluding steroid dienone is 2. The Morgan fingerprint density at radius 1 is 1.32 bits per heavy atom. The van der Waals surface area contributed by atoms with Crippen molar-refractivity contribution in [2.24, 2.45) is 0 Å². The summed E-state index contributed by atoms with van der Waals surface area (Å²) in [6.07, 6.45) is 11.5. The highest BCUT2D eigenvalue weighted by molar-refractivity contribution is 9.10. The summed E-state index contributed by atoms with van der Waals surface area (Å²) >= 11 is 3.32. The second-order valence-corrected chi connectivity index (χ2v) is 7.28. The van der Waals surface area contributed by atoms with Gasteiger partial charge in [0.15, 0.2) is 0 Å². The minimum absolute atomic E-state index is 0.368. The molecule has 0 heterocycles. The predicted molar refractivity (Wildman–Crippen MR) is 114 cm³/mol. The van der Waals surface area contributed by atoms with E-state index in [1.165, 1.54) is 12.1 Å². The van der Waals surface area contributed by atoms with E-state index in [4.69, 9.17) is 0 Å². The van der Waals surface area contributed by atoms with Gasteiger partial charge in [0.05, 0.1) is 0 Å². The quantitative estimate of drug-likeness (QED) is 0.477. The molecular formula is C21H29BrFN3O2. The summed E-state index contributed by atoms with van der Waals surface area (Å²) in [5.74, 6) is -0.841. The average Bonchev–Trinajstić information content (AvgIpc) is 2.64. The summed E-state index contributed by atoms with van der Waals surface area (Å²) in [6, 6.07) is 3.48. The molecule has 1 rings (SSSR count). The maximum atomic E-state index is 13.4. The molecule has 0 saturated carbocycles. The molecule has 1 unspecified atom stereocenters. The summed E-state index contributed by atoms with van der Waals surface area (Å²) in [6.45, 7) is 5.52. The second-order valence-electron chi connectivity index (χ2n) is 6.42. The lowest BCUT2D eigenvalue weighted by molar-refractivity contribution is -0.129. The lowest BCUT2D eigenvalue weighted by Crippen LogP contribution is -2.39. The number of hydrogen-bond donors (Lipinski definition) is 1. The molecule has 0 fully saturated rings. The molecule has 0 aliphatic rings. The van der Waals surface area contributed by atoms with Gasteiger partial charge in [-0.15, -0.1) is 0 Å². The van der Waals surface area contributed by atoms with Crippen LogP contribution in [0.5, 0.6) is 0 Å². The van der Waals surface area contributed by atoms with Gasteiger partial charge in [-0.25, -0.2) is 4.39 Å². The lowest BCUT2D eigenvalue weighted by atomic mass is 10.0. The van der Waals surface area contributed by atoms with Gasteiger partial charge in [-0.1, -0.05) is 47.5 Å². The molecule has 0 aliphatic heterocycles. The van der Waals surface area contributed by atoms with Gasteiger partial charge in [0.1, 0.15) is 11.9 Å². The largest absolute Gasteiger partial charge is 0.355 e. The molecule has 5 nitrogen and oxygen atoms in total. The first-order valence-corrected chi connectivity index (χ1v) is 10.2. The van der Waals surface area contributed by atoms with Gasteiger partial charge in [-0.3, -0.25) is 19.8 Å². The SMILES string of the molecule is C/C=C\N(/C=C/CCC)CCCN(C)C(C(=O)NC=O)c1ccc(F)cc1Br. The van der Waals surface area contributed by atoms with Crippen molar-refractivity contribution in [3.8, 4) is 0 Å². The first-order chi connectivity index (χ1) is 13.4. The van der Waals surface area contributed by atoms with Gasteiger partial charge in [0.2, 0.25) is 12.3 Å². The summed E-state index contributed by atoms with van der Waals surface area (Å²) in [5.41, 5.74) is 0.608. The fraction of sp³-hybridized carbons (Fsp3) is 0.429. The Kier molecular flexibility index (Phi) is 11.4. The molecular weight excluding hydrogens is 425 g/mol. The van der Waals surface area contributed by atoms with Crippen LogP contribution in [0.3, 0.4) is 0 Å². The first-order valence-electron chi connectivity index (χ1n) is 9.39. The van der Waals surface area contributed by atoms with Gasteiger partial charge >= 0.3 is 0 Å². The minimum Gasteiger partial charge on any atom is -0.355 e. The third-order valence-electron chi connectivity index (χ3n) is 4.17. The second kappa shape index (κ2) is 13.2.